The van der Waals surface area contributed by atoms with Gasteiger partial charge < -0.3 is 5.73 Å². The summed E-state index contributed by atoms with van der Waals surface area (Å²) in [6.07, 6.45) is 1.72. The van der Waals surface area contributed by atoms with E-state index in [2.05, 4.69) is 0 Å². The summed E-state index contributed by atoms with van der Waals surface area (Å²) in [7, 11) is -3.59. The molecule has 0 bridgehead atoms. The Kier molecular flexibility index (Phi) is 6.09. The van der Waals surface area contributed by atoms with Crippen LogP contribution in [0.4, 0.5) is 5.69 Å². The van der Waals surface area contributed by atoms with E-state index in [1.807, 2.05) is 0 Å². The number of nitrogens with zero attached hydrogens (tertiary/aromatic N) is 2. The second kappa shape index (κ2) is 7.17. The average molecular weight is 336 g/mol. The lowest BCUT2D eigenvalue weighted by Crippen LogP contribution is -2.41. The van der Waals surface area contributed by atoms with Gasteiger partial charge in [0, 0.05) is 25.2 Å². The Morgan fingerprint density at radius 2 is 1.95 bits per heavy atom. The largest absolute Gasteiger partial charge is 0.330 e. The Balaban J connectivity index is 0.00000220. The molecule has 2 N–H and O–H groups in total. The second-order valence-electron chi connectivity index (χ2n) is 4.86. The first-order valence-electron chi connectivity index (χ1n) is 6.40. The highest BCUT2D eigenvalue weighted by Crippen LogP contribution is 2.24. The highest BCUT2D eigenvalue weighted by atomic mass is 35.5. The molecule has 1 aromatic carbocycles. The summed E-state index contributed by atoms with van der Waals surface area (Å²) in [5.41, 5.74) is 5.48. The number of piperidine rings is 1. The minimum atomic E-state index is -3.59. The third-order valence-corrected chi connectivity index (χ3v) is 5.38. The van der Waals surface area contributed by atoms with E-state index in [1.54, 1.807) is 0 Å². The fourth-order valence-electron chi connectivity index (χ4n) is 2.33. The van der Waals surface area contributed by atoms with E-state index in [0.717, 1.165) is 12.8 Å². The van der Waals surface area contributed by atoms with Crippen LogP contribution in [-0.2, 0) is 10.0 Å². The maximum atomic E-state index is 12.4. The zero-order valence-corrected chi connectivity index (χ0v) is 13.0. The van der Waals surface area contributed by atoms with Crippen LogP contribution in [0.15, 0.2) is 29.2 Å². The summed E-state index contributed by atoms with van der Waals surface area (Å²) < 4.78 is 26.3. The lowest BCUT2D eigenvalue weighted by atomic mass is 10.0. The van der Waals surface area contributed by atoms with Gasteiger partial charge in [-0.15, -0.1) is 12.4 Å². The van der Waals surface area contributed by atoms with E-state index >= 15 is 0 Å². The molecule has 118 valence electrons. The smallest absolute Gasteiger partial charge is 0.269 e. The number of nitrogens with two attached hydrogens (primary N) is 1. The van der Waals surface area contributed by atoms with Crippen molar-refractivity contribution in [2.45, 2.75) is 17.7 Å². The van der Waals surface area contributed by atoms with Crippen molar-refractivity contribution in [3.63, 3.8) is 0 Å². The molecule has 1 fully saturated rings. The molecule has 1 heterocycles. The summed E-state index contributed by atoms with van der Waals surface area (Å²) in [5.74, 6) is 0.177. The van der Waals surface area contributed by atoms with Crippen LogP contribution >= 0.6 is 12.4 Å². The Morgan fingerprint density at radius 3 is 2.48 bits per heavy atom. The van der Waals surface area contributed by atoms with Gasteiger partial charge in [-0.05, 0) is 37.4 Å². The lowest BCUT2D eigenvalue weighted by Gasteiger charge is -2.31. The fourth-order valence-corrected chi connectivity index (χ4v) is 3.88. The van der Waals surface area contributed by atoms with Gasteiger partial charge >= 0.3 is 0 Å². The standard InChI is InChI=1S/C12H17N3O4S.ClH/c13-8-10-2-1-7-14(9-10)20(18,19)12-5-3-11(4-6-12)15(16)17;/h3-6,10H,1-2,7-9,13H2;1H. The minimum absolute atomic E-state index is 0. The number of hydrogen-bond donors (Lipinski definition) is 1. The first-order valence-corrected chi connectivity index (χ1v) is 7.84. The molecule has 0 saturated carbocycles. The number of nitro groups is 1. The van der Waals surface area contributed by atoms with Crippen LogP contribution in [0.1, 0.15) is 12.8 Å². The molecular formula is C12H18ClN3O4S. The van der Waals surface area contributed by atoms with E-state index in [-0.39, 0.29) is 28.9 Å². The summed E-state index contributed by atoms with van der Waals surface area (Å²) in [6, 6.07) is 4.97. The van der Waals surface area contributed by atoms with Gasteiger partial charge in [0.15, 0.2) is 0 Å². The predicted octanol–water partition coefficient (Wildman–Crippen LogP) is 1.38. The van der Waals surface area contributed by atoms with Gasteiger partial charge in [0.2, 0.25) is 10.0 Å². The van der Waals surface area contributed by atoms with Gasteiger partial charge in [-0.3, -0.25) is 10.1 Å². The second-order valence-corrected chi connectivity index (χ2v) is 6.80. The van der Waals surface area contributed by atoms with Crippen LogP contribution in [0.5, 0.6) is 0 Å². The van der Waals surface area contributed by atoms with Crippen molar-refractivity contribution >= 4 is 28.1 Å². The maximum absolute atomic E-state index is 12.4. The van der Waals surface area contributed by atoms with Crippen LogP contribution in [0.25, 0.3) is 0 Å². The van der Waals surface area contributed by atoms with Gasteiger partial charge in [-0.2, -0.15) is 4.31 Å². The molecule has 1 aromatic rings. The molecule has 1 aliphatic rings. The number of sulfonamides is 1. The summed E-state index contributed by atoms with van der Waals surface area (Å²) in [6.45, 7) is 1.35. The molecule has 7 nitrogen and oxygen atoms in total. The topological polar surface area (TPSA) is 107 Å². The van der Waals surface area contributed by atoms with Crippen molar-refractivity contribution in [1.82, 2.24) is 4.31 Å². The normalized spacial score (nSPS) is 19.8. The molecule has 1 atom stereocenters. The number of rotatable bonds is 4. The number of benzene rings is 1. The molecule has 21 heavy (non-hydrogen) atoms. The molecule has 2 rings (SSSR count). The lowest BCUT2D eigenvalue weighted by molar-refractivity contribution is -0.384. The first-order chi connectivity index (χ1) is 9.45. The van der Waals surface area contributed by atoms with Crippen molar-refractivity contribution in [2.75, 3.05) is 19.6 Å². The van der Waals surface area contributed by atoms with Crippen LogP contribution in [-0.4, -0.2) is 37.3 Å². The molecule has 0 aliphatic carbocycles. The molecular weight excluding hydrogens is 318 g/mol. The molecule has 1 aliphatic heterocycles. The Hall–Kier alpha value is -1.22. The number of nitro benzene ring substituents is 1. The van der Waals surface area contributed by atoms with Crippen LogP contribution in [0.2, 0.25) is 0 Å². The zero-order chi connectivity index (χ0) is 14.8. The monoisotopic (exact) mass is 335 g/mol. The van der Waals surface area contributed by atoms with Crippen LogP contribution in [0.3, 0.4) is 0 Å². The van der Waals surface area contributed by atoms with E-state index < -0.39 is 14.9 Å². The molecule has 9 heteroatoms. The molecule has 0 spiro atoms. The SMILES string of the molecule is Cl.NCC1CCCN(S(=O)(=O)c2ccc([N+](=O)[O-])cc2)C1. The number of hydrogen-bond acceptors (Lipinski definition) is 5. The third-order valence-electron chi connectivity index (χ3n) is 3.50. The first kappa shape index (κ1) is 17.8. The molecule has 0 amide bonds. The van der Waals surface area contributed by atoms with Crippen LogP contribution in [0, 0.1) is 16.0 Å². The quantitative estimate of drug-likeness (QED) is 0.660. The number of non-ortho nitro benzene ring substituents is 1. The predicted molar refractivity (Wildman–Crippen MR) is 80.9 cm³/mol. The van der Waals surface area contributed by atoms with Gasteiger partial charge in [0.1, 0.15) is 0 Å². The molecule has 0 radical (unpaired) electrons. The van der Waals surface area contributed by atoms with Crippen LogP contribution < -0.4 is 5.73 Å². The van der Waals surface area contributed by atoms with Crippen molar-refractivity contribution in [3.8, 4) is 0 Å². The Morgan fingerprint density at radius 1 is 1.33 bits per heavy atom. The molecule has 1 saturated heterocycles. The van der Waals surface area contributed by atoms with Gasteiger partial charge in [-0.1, -0.05) is 0 Å². The van der Waals surface area contributed by atoms with E-state index in [4.69, 9.17) is 5.73 Å². The Bertz CT molecular complexity index is 591. The molecule has 1 unspecified atom stereocenters. The number of halogens is 1. The maximum Gasteiger partial charge on any atom is 0.269 e. The summed E-state index contributed by atoms with van der Waals surface area (Å²) >= 11 is 0. The van der Waals surface area contributed by atoms with Gasteiger partial charge in [0.25, 0.3) is 5.69 Å². The zero-order valence-electron chi connectivity index (χ0n) is 11.3. The van der Waals surface area contributed by atoms with Crippen molar-refractivity contribution in [1.29, 1.82) is 0 Å². The van der Waals surface area contributed by atoms with E-state index in [1.165, 1.54) is 28.6 Å². The molecule has 0 aromatic heterocycles. The van der Waals surface area contributed by atoms with Gasteiger partial charge in [0.05, 0.1) is 9.82 Å². The fraction of sp³-hybridized carbons (Fsp3) is 0.500. The van der Waals surface area contributed by atoms with Crippen molar-refractivity contribution < 1.29 is 13.3 Å². The summed E-state index contributed by atoms with van der Waals surface area (Å²) in [5, 5.41) is 10.6. The third kappa shape index (κ3) is 3.91. The van der Waals surface area contributed by atoms with Crippen molar-refractivity contribution in [3.05, 3.63) is 34.4 Å². The van der Waals surface area contributed by atoms with E-state index in [0.29, 0.717) is 19.6 Å². The highest BCUT2D eigenvalue weighted by molar-refractivity contribution is 7.89. The summed E-state index contributed by atoms with van der Waals surface area (Å²) in [4.78, 5) is 10.1. The van der Waals surface area contributed by atoms with Crippen molar-refractivity contribution in [2.24, 2.45) is 11.7 Å². The van der Waals surface area contributed by atoms with Gasteiger partial charge in [-0.25, -0.2) is 8.42 Å². The Labute approximate surface area is 129 Å². The minimum Gasteiger partial charge on any atom is -0.330 e. The van der Waals surface area contributed by atoms with E-state index in [9.17, 15) is 18.5 Å². The highest BCUT2D eigenvalue weighted by Gasteiger charge is 2.29. The average Bonchev–Trinajstić information content (AvgIpc) is 2.47.